The number of ether oxygens (including phenoxy) is 1. The lowest BCUT2D eigenvalue weighted by molar-refractivity contribution is 0.0984. The van der Waals surface area contributed by atoms with Gasteiger partial charge in [-0.3, -0.25) is 5.10 Å². The van der Waals surface area contributed by atoms with Gasteiger partial charge >= 0.3 is 0 Å². The summed E-state index contributed by atoms with van der Waals surface area (Å²) in [5, 5.41) is 12.0. The number of hydrogen-bond donors (Lipinski definition) is 1. The molecule has 1 aromatic carbocycles. The largest absolute Gasteiger partial charge is 0.377 e. The molecule has 5 rings (SSSR count). The van der Waals surface area contributed by atoms with Gasteiger partial charge in [0, 0.05) is 18.3 Å². The van der Waals surface area contributed by atoms with Crippen LogP contribution in [0, 0.1) is 6.92 Å². The molecule has 0 unspecified atom stereocenters. The lowest BCUT2D eigenvalue weighted by atomic mass is 10.0. The van der Waals surface area contributed by atoms with Gasteiger partial charge in [-0.2, -0.15) is 5.10 Å². The number of nitrogens with one attached hydrogen (secondary N) is 1. The molecule has 4 heterocycles. The predicted octanol–water partition coefficient (Wildman–Crippen LogP) is 3.32. The molecule has 1 saturated heterocycles. The van der Waals surface area contributed by atoms with E-state index in [-0.39, 0.29) is 6.04 Å². The van der Waals surface area contributed by atoms with E-state index < -0.39 is 0 Å². The Morgan fingerprint density at radius 1 is 1.18 bits per heavy atom. The van der Waals surface area contributed by atoms with E-state index in [2.05, 4.69) is 64.3 Å². The van der Waals surface area contributed by atoms with Crippen LogP contribution in [0.25, 0.3) is 28.2 Å². The van der Waals surface area contributed by atoms with E-state index in [0.29, 0.717) is 13.2 Å². The highest BCUT2D eigenvalue weighted by molar-refractivity contribution is 5.84. The zero-order valence-electron chi connectivity index (χ0n) is 16.0. The number of aryl methyl sites for hydroxylation is 1. The van der Waals surface area contributed by atoms with Crippen molar-refractivity contribution in [3.05, 3.63) is 54.4 Å². The molecule has 0 amide bonds. The third kappa shape index (κ3) is 2.75. The summed E-state index contributed by atoms with van der Waals surface area (Å²) in [6.45, 7) is 6.54. The molecule has 28 heavy (non-hydrogen) atoms. The topological polar surface area (TPSA) is 71.3 Å². The molecule has 0 saturated carbocycles. The van der Waals surface area contributed by atoms with Crippen molar-refractivity contribution in [1.29, 1.82) is 0 Å². The Morgan fingerprint density at radius 3 is 2.86 bits per heavy atom. The zero-order chi connectivity index (χ0) is 19.1. The summed E-state index contributed by atoms with van der Waals surface area (Å²) in [4.78, 5) is 6.95. The van der Waals surface area contributed by atoms with Crippen molar-refractivity contribution in [3.8, 4) is 22.6 Å². The summed E-state index contributed by atoms with van der Waals surface area (Å²) in [6, 6.07) is 12.8. The molecule has 0 aliphatic carbocycles. The van der Waals surface area contributed by atoms with Gasteiger partial charge in [-0.05, 0) is 37.1 Å². The molecular weight excluding hydrogens is 352 g/mol. The molecular formula is C21H22N6O. The predicted molar refractivity (Wildman–Crippen MR) is 108 cm³/mol. The minimum absolute atomic E-state index is 0.266. The standard InChI is InChI=1S/C21H22N6O/c1-14-5-3-4-6-16(14)17-11-20(26-9-10-28-13-15(26)2)25-27-19(17)12-22-21(27)18-7-8-23-24-18/h3-8,11-12,15H,9-10,13H2,1-2H3,(H,23,24)/t15-/m1/s1. The second kappa shape index (κ2) is 6.76. The number of nitrogens with zero attached hydrogens (tertiary/aromatic N) is 5. The summed E-state index contributed by atoms with van der Waals surface area (Å²) >= 11 is 0. The highest BCUT2D eigenvalue weighted by Crippen LogP contribution is 2.33. The Bertz CT molecular complexity index is 1120. The molecule has 1 atom stereocenters. The number of benzene rings is 1. The van der Waals surface area contributed by atoms with Crippen LogP contribution in [0.4, 0.5) is 5.82 Å². The molecule has 1 N–H and O–H groups in total. The monoisotopic (exact) mass is 374 g/mol. The third-order valence-corrected chi connectivity index (χ3v) is 5.33. The lowest BCUT2D eigenvalue weighted by Crippen LogP contribution is -2.44. The molecule has 0 radical (unpaired) electrons. The van der Waals surface area contributed by atoms with E-state index in [0.717, 1.165) is 35.0 Å². The summed E-state index contributed by atoms with van der Waals surface area (Å²) < 4.78 is 7.54. The number of hydrogen-bond acceptors (Lipinski definition) is 5. The molecule has 0 bridgehead atoms. The Hall–Kier alpha value is -3.19. The molecule has 3 aromatic heterocycles. The molecule has 1 aliphatic rings. The van der Waals surface area contributed by atoms with Crippen molar-refractivity contribution in [2.24, 2.45) is 0 Å². The van der Waals surface area contributed by atoms with E-state index in [9.17, 15) is 0 Å². The van der Waals surface area contributed by atoms with E-state index in [1.54, 1.807) is 6.20 Å². The minimum Gasteiger partial charge on any atom is -0.377 e. The molecule has 4 aromatic rings. The van der Waals surface area contributed by atoms with Gasteiger partial charge in [0.15, 0.2) is 11.6 Å². The van der Waals surface area contributed by atoms with Gasteiger partial charge in [0.1, 0.15) is 5.69 Å². The van der Waals surface area contributed by atoms with Crippen LogP contribution < -0.4 is 4.90 Å². The van der Waals surface area contributed by atoms with Crippen molar-refractivity contribution in [2.45, 2.75) is 19.9 Å². The van der Waals surface area contributed by atoms with Crippen LogP contribution in [0.3, 0.4) is 0 Å². The van der Waals surface area contributed by atoms with E-state index >= 15 is 0 Å². The third-order valence-electron chi connectivity index (χ3n) is 5.33. The van der Waals surface area contributed by atoms with E-state index in [1.807, 2.05) is 16.8 Å². The first-order valence-electron chi connectivity index (χ1n) is 9.51. The van der Waals surface area contributed by atoms with Crippen molar-refractivity contribution >= 4 is 11.3 Å². The quantitative estimate of drug-likeness (QED) is 0.596. The van der Waals surface area contributed by atoms with E-state index in [4.69, 9.17) is 9.84 Å². The first kappa shape index (κ1) is 16.9. The van der Waals surface area contributed by atoms with Gasteiger partial charge in [0.25, 0.3) is 0 Å². The first-order chi connectivity index (χ1) is 13.7. The van der Waals surface area contributed by atoms with Crippen LogP contribution in [-0.2, 0) is 4.74 Å². The van der Waals surface area contributed by atoms with Crippen LogP contribution in [0.1, 0.15) is 12.5 Å². The SMILES string of the molecule is Cc1ccccc1-c1cc(N2CCOC[C@H]2C)nn2c(-c3ccn[nH]3)ncc12. The van der Waals surface area contributed by atoms with Crippen molar-refractivity contribution in [1.82, 2.24) is 24.8 Å². The van der Waals surface area contributed by atoms with Crippen LogP contribution in [0.5, 0.6) is 0 Å². The number of rotatable bonds is 3. The number of aromatic amines is 1. The summed E-state index contributed by atoms with van der Waals surface area (Å²) in [7, 11) is 0. The summed E-state index contributed by atoms with van der Waals surface area (Å²) in [5.74, 6) is 1.69. The van der Waals surface area contributed by atoms with Gasteiger partial charge < -0.3 is 9.64 Å². The van der Waals surface area contributed by atoms with Crippen molar-refractivity contribution in [3.63, 3.8) is 0 Å². The van der Waals surface area contributed by atoms with Crippen LogP contribution >= 0.6 is 0 Å². The van der Waals surface area contributed by atoms with E-state index in [1.165, 1.54) is 11.1 Å². The van der Waals surface area contributed by atoms with Crippen LogP contribution in [0.15, 0.2) is 48.8 Å². The maximum atomic E-state index is 5.62. The second-order valence-electron chi connectivity index (χ2n) is 7.20. The Morgan fingerprint density at radius 2 is 2.07 bits per heavy atom. The van der Waals surface area contributed by atoms with Gasteiger partial charge in [-0.25, -0.2) is 9.50 Å². The van der Waals surface area contributed by atoms with Crippen LogP contribution in [0.2, 0.25) is 0 Å². The van der Waals surface area contributed by atoms with Crippen LogP contribution in [-0.4, -0.2) is 50.6 Å². The molecule has 0 spiro atoms. The first-order valence-corrected chi connectivity index (χ1v) is 9.51. The number of morpholine rings is 1. The fraction of sp³-hybridized carbons (Fsp3) is 0.286. The molecule has 7 nitrogen and oxygen atoms in total. The van der Waals surface area contributed by atoms with Gasteiger partial charge in [-0.1, -0.05) is 24.3 Å². The average Bonchev–Trinajstić information content (AvgIpc) is 3.37. The number of fused-ring (bicyclic) bond motifs is 1. The zero-order valence-corrected chi connectivity index (χ0v) is 16.0. The van der Waals surface area contributed by atoms with Gasteiger partial charge in [-0.15, -0.1) is 5.10 Å². The molecule has 142 valence electrons. The fourth-order valence-electron chi connectivity index (χ4n) is 3.83. The molecule has 7 heteroatoms. The summed E-state index contributed by atoms with van der Waals surface area (Å²) in [5.41, 5.74) is 5.35. The van der Waals surface area contributed by atoms with Crippen molar-refractivity contribution in [2.75, 3.05) is 24.7 Å². The molecule has 1 fully saturated rings. The number of imidazole rings is 1. The smallest absolute Gasteiger partial charge is 0.179 e. The Labute approximate surface area is 163 Å². The van der Waals surface area contributed by atoms with Gasteiger partial charge in [0.2, 0.25) is 0 Å². The fourth-order valence-corrected chi connectivity index (χ4v) is 3.83. The van der Waals surface area contributed by atoms with Gasteiger partial charge in [0.05, 0.1) is 31.0 Å². The molecule has 1 aliphatic heterocycles. The lowest BCUT2D eigenvalue weighted by Gasteiger charge is -2.34. The minimum atomic E-state index is 0.266. The normalized spacial score (nSPS) is 17.4. The number of aromatic nitrogens is 5. The average molecular weight is 374 g/mol. The number of anilines is 1. The highest BCUT2D eigenvalue weighted by Gasteiger charge is 2.23. The Kier molecular flexibility index (Phi) is 4.09. The maximum absolute atomic E-state index is 5.62. The highest BCUT2D eigenvalue weighted by atomic mass is 16.5. The summed E-state index contributed by atoms with van der Waals surface area (Å²) in [6.07, 6.45) is 3.62. The number of H-pyrrole nitrogens is 1. The second-order valence-corrected chi connectivity index (χ2v) is 7.20. The Balaban J connectivity index is 1.77. The maximum Gasteiger partial charge on any atom is 0.179 e. The van der Waals surface area contributed by atoms with Crippen molar-refractivity contribution < 1.29 is 4.74 Å².